The van der Waals surface area contributed by atoms with Gasteiger partial charge in [-0.25, -0.2) is 3.97 Å². The molecular weight excluding hydrogens is 196 g/mol. The van der Waals surface area contributed by atoms with Crippen LogP contribution in [0.25, 0.3) is 0 Å². The Morgan fingerprint density at radius 2 is 1.70 bits per heavy atom. The highest BCUT2D eigenvalue weighted by Gasteiger charge is 2.47. The number of hydrogen-bond acceptors (Lipinski definition) is 4. The summed E-state index contributed by atoms with van der Waals surface area (Å²) in [6, 6.07) is 0. The molecule has 0 spiro atoms. The zero-order valence-electron chi connectivity index (χ0n) is 4.25. The van der Waals surface area contributed by atoms with Crippen molar-refractivity contribution in [2.75, 3.05) is 0 Å². The molecule has 0 aliphatic carbocycles. The summed E-state index contributed by atoms with van der Waals surface area (Å²) < 4.78 is 65.3. The minimum absolute atomic E-state index is 2.40. The van der Waals surface area contributed by atoms with E-state index in [4.69, 9.17) is 0 Å². The van der Waals surface area contributed by atoms with Crippen LogP contribution in [0, 0.1) is 0 Å². The van der Waals surface area contributed by atoms with Crippen LogP contribution in [0.5, 0.6) is 0 Å². The quantitative estimate of drug-likeness (QED) is 0.479. The van der Waals surface area contributed by atoms with E-state index in [1.165, 1.54) is 0 Å². The Labute approximate surface area is 55.4 Å². The molecule has 0 N–H and O–H groups in total. The third-order valence-electron chi connectivity index (χ3n) is 0.449. The minimum atomic E-state index is -5.62. The zero-order chi connectivity index (χ0) is 8.41. The van der Waals surface area contributed by atoms with Crippen molar-refractivity contribution < 1.29 is 30.1 Å². The Bertz CT molecular complexity index is 215. The van der Waals surface area contributed by atoms with Gasteiger partial charge in [0.25, 0.3) is 0 Å². The Morgan fingerprint density at radius 3 is 1.80 bits per heavy atom. The molecule has 0 aromatic rings. The normalized spacial score (nSPS) is 14.7. The molecule has 10 heavy (non-hydrogen) atoms. The Morgan fingerprint density at radius 1 is 1.30 bits per heavy atom. The molecule has 0 saturated carbocycles. The third-order valence-corrected chi connectivity index (χ3v) is 2.34. The lowest BCUT2D eigenvalue weighted by Crippen LogP contribution is -2.22. The maximum atomic E-state index is 11.2. The van der Waals surface area contributed by atoms with Gasteiger partial charge in [0.1, 0.15) is 0 Å². The zero-order valence-corrected chi connectivity index (χ0v) is 6.22. The van der Waals surface area contributed by atoms with E-state index < -0.39 is 24.3 Å². The monoisotopic (exact) mass is 198 g/mol. The van der Waals surface area contributed by atoms with E-state index in [9.17, 15) is 26.2 Å². The van der Waals surface area contributed by atoms with Crippen LogP contribution < -0.4 is 0 Å². The fraction of sp³-hybridized carbons (Fsp3) is 1.00. The molecule has 0 aliphatic heterocycles. The van der Waals surface area contributed by atoms with Crippen molar-refractivity contribution in [2.45, 2.75) is 5.51 Å². The van der Waals surface area contributed by atoms with E-state index >= 15 is 0 Å². The lowest BCUT2D eigenvalue weighted by atomic mass is 11.6. The summed E-state index contributed by atoms with van der Waals surface area (Å²) in [5.41, 5.74) is -5.48. The number of halogens is 3. The highest BCUT2D eigenvalue weighted by atomic mass is 32.2. The van der Waals surface area contributed by atoms with Crippen LogP contribution in [0.15, 0.2) is 0 Å². The number of rotatable bonds is 2. The van der Waals surface area contributed by atoms with E-state index in [1.54, 1.807) is 0 Å². The molecule has 0 saturated heterocycles. The van der Waals surface area contributed by atoms with Crippen LogP contribution in [0.2, 0.25) is 0 Å². The van der Waals surface area contributed by atoms with Crippen molar-refractivity contribution in [1.82, 2.24) is 0 Å². The lowest BCUT2D eigenvalue weighted by molar-refractivity contribution is -0.0496. The van der Waals surface area contributed by atoms with Crippen molar-refractivity contribution in [2.24, 2.45) is 0 Å². The number of alkyl halides is 3. The summed E-state index contributed by atoms with van der Waals surface area (Å²) in [4.78, 5) is 0. The van der Waals surface area contributed by atoms with E-state index in [-0.39, 0.29) is 0 Å². The first-order chi connectivity index (χ1) is 4.31. The molecule has 0 rings (SSSR count). The molecule has 0 bridgehead atoms. The molecule has 4 nitrogen and oxygen atoms in total. The van der Waals surface area contributed by atoms with Gasteiger partial charge < -0.3 is 0 Å². The van der Waals surface area contributed by atoms with Gasteiger partial charge in [-0.1, -0.05) is 0 Å². The van der Waals surface area contributed by atoms with Gasteiger partial charge in [0.05, 0.1) is 0 Å². The molecule has 0 aromatic heterocycles. The van der Waals surface area contributed by atoms with Crippen molar-refractivity contribution in [3.63, 3.8) is 0 Å². The summed E-state index contributed by atoms with van der Waals surface area (Å²) in [5.74, 6) is 0. The van der Waals surface area contributed by atoms with Gasteiger partial charge in [-0.15, -0.1) is 0 Å². The van der Waals surface area contributed by atoms with Gasteiger partial charge in [0.15, 0.2) is 8.69 Å². The summed E-state index contributed by atoms with van der Waals surface area (Å²) in [6.07, 6.45) is 0. The van der Waals surface area contributed by atoms with Gasteiger partial charge in [-0.3, -0.25) is 4.57 Å². The maximum Gasteiger partial charge on any atom is 0.523 e. The fourth-order valence-corrected chi connectivity index (χ4v) is 0.956. The predicted molar refractivity (Wildman–Crippen MR) is 26.5 cm³/mol. The second kappa shape index (κ2) is 2.89. The molecule has 0 heterocycles. The molecular formula is CH2F3O4PS. The van der Waals surface area contributed by atoms with E-state index in [0.29, 0.717) is 0 Å². The van der Waals surface area contributed by atoms with Crippen LogP contribution in [0.1, 0.15) is 0 Å². The fourth-order valence-electron chi connectivity index (χ4n) is 0.106. The summed E-state index contributed by atoms with van der Waals surface area (Å²) >= 11 is 0. The Hall–Kier alpha value is -0.0700. The Kier molecular flexibility index (Phi) is 2.87. The standard InChI is InChI=1S/CH2F3O4PS/c2-1(3,4)10(6,7)8-9-5/h9H2. The van der Waals surface area contributed by atoms with Crippen LogP contribution in [-0.4, -0.2) is 13.9 Å². The SMILES string of the molecule is O=[PH2]OS(=O)(=O)C(F)(F)F. The molecule has 0 amide bonds. The first kappa shape index (κ1) is 9.93. The largest absolute Gasteiger partial charge is 0.523 e. The molecule has 0 aromatic carbocycles. The smallest absolute Gasteiger partial charge is 0.298 e. The second-order valence-electron chi connectivity index (χ2n) is 1.09. The van der Waals surface area contributed by atoms with Crippen LogP contribution in [-0.2, 0) is 18.7 Å². The van der Waals surface area contributed by atoms with Gasteiger partial charge in [-0.05, 0) is 0 Å². The van der Waals surface area contributed by atoms with Crippen molar-refractivity contribution in [3.05, 3.63) is 0 Å². The van der Waals surface area contributed by atoms with Crippen LogP contribution in [0.3, 0.4) is 0 Å². The summed E-state index contributed by atoms with van der Waals surface area (Å²) in [7, 11) is -8.02. The topological polar surface area (TPSA) is 60.4 Å². The summed E-state index contributed by atoms with van der Waals surface area (Å²) in [5, 5.41) is 0. The van der Waals surface area contributed by atoms with E-state index in [1.807, 2.05) is 0 Å². The maximum absolute atomic E-state index is 11.2. The predicted octanol–water partition coefficient (Wildman–Crippen LogP) is 0.524. The minimum Gasteiger partial charge on any atom is -0.298 e. The van der Waals surface area contributed by atoms with Crippen molar-refractivity contribution >= 4 is 18.8 Å². The van der Waals surface area contributed by atoms with Crippen LogP contribution in [0.4, 0.5) is 13.2 Å². The first-order valence-electron chi connectivity index (χ1n) is 1.74. The van der Waals surface area contributed by atoms with Crippen molar-refractivity contribution in [1.29, 1.82) is 0 Å². The molecule has 9 heteroatoms. The highest BCUT2D eigenvalue weighted by Crippen LogP contribution is 2.26. The second-order valence-corrected chi connectivity index (χ2v) is 3.43. The van der Waals surface area contributed by atoms with Gasteiger partial charge in [0.2, 0.25) is 0 Å². The molecule has 62 valence electrons. The number of hydrogen-bond donors (Lipinski definition) is 0. The molecule has 1 unspecified atom stereocenters. The van der Waals surface area contributed by atoms with Gasteiger partial charge >= 0.3 is 15.6 Å². The highest BCUT2D eigenvalue weighted by molar-refractivity contribution is 7.89. The Balaban J connectivity index is 4.59. The van der Waals surface area contributed by atoms with Gasteiger partial charge in [0, 0.05) is 0 Å². The molecule has 1 atom stereocenters. The average molecular weight is 198 g/mol. The van der Waals surface area contributed by atoms with Gasteiger partial charge in [-0.2, -0.15) is 21.6 Å². The molecule has 0 fully saturated rings. The molecule has 0 radical (unpaired) electrons. The van der Waals surface area contributed by atoms with Crippen LogP contribution >= 0.6 is 8.69 Å². The average Bonchev–Trinajstić information content (AvgIpc) is 1.61. The summed E-state index contributed by atoms with van der Waals surface area (Å²) in [6.45, 7) is 0. The third kappa shape index (κ3) is 2.28. The molecule has 0 aliphatic rings. The van der Waals surface area contributed by atoms with E-state index in [2.05, 4.69) is 3.97 Å². The van der Waals surface area contributed by atoms with Crippen molar-refractivity contribution in [3.8, 4) is 0 Å². The lowest BCUT2D eigenvalue weighted by Gasteiger charge is -2.02. The van der Waals surface area contributed by atoms with E-state index in [0.717, 1.165) is 0 Å². The first-order valence-corrected chi connectivity index (χ1v) is 4.09.